The van der Waals surface area contributed by atoms with Gasteiger partial charge in [0, 0.05) is 7.11 Å². The number of methoxy groups -OCH3 is 1. The maximum atomic E-state index is 11.3. The summed E-state index contributed by atoms with van der Waals surface area (Å²) in [5.74, 6) is -3.23. The first-order valence-electron chi connectivity index (χ1n) is 12.5. The molecule has 0 bridgehead atoms. The van der Waals surface area contributed by atoms with E-state index in [-0.39, 0.29) is 0 Å². The molecule has 2 heterocycles. The highest BCUT2D eigenvalue weighted by atomic mass is 16.8. The van der Waals surface area contributed by atoms with Crippen LogP contribution in [0.4, 0.5) is 0 Å². The summed E-state index contributed by atoms with van der Waals surface area (Å²) < 4.78 is 28.6. The van der Waals surface area contributed by atoms with Crippen molar-refractivity contribution in [1.82, 2.24) is 5.32 Å². The first-order chi connectivity index (χ1) is 18.7. The Hall–Kier alpha value is -1.98. The second kappa shape index (κ2) is 12.9. The van der Waals surface area contributed by atoms with E-state index in [4.69, 9.17) is 46.6 Å². The second-order valence-corrected chi connectivity index (χ2v) is 9.84. The molecule has 0 aromatic carbocycles. The summed E-state index contributed by atoms with van der Waals surface area (Å²) in [6, 6.07) is -3.96. The van der Waals surface area contributed by atoms with Gasteiger partial charge in [0.1, 0.15) is 60.9 Å². The highest BCUT2D eigenvalue weighted by Gasteiger charge is 2.61. The third kappa shape index (κ3) is 6.11. The van der Waals surface area contributed by atoms with Crippen LogP contribution in [0.3, 0.4) is 0 Å². The van der Waals surface area contributed by atoms with Crippen molar-refractivity contribution >= 4 is 11.9 Å². The van der Waals surface area contributed by atoms with Gasteiger partial charge in [-0.3, -0.25) is 0 Å². The summed E-state index contributed by atoms with van der Waals surface area (Å²) in [7, 11) is 2.61. The number of likely N-dealkylation sites (N-methyl/N-ethyl adjacent to an activating group) is 1. The molecule has 19 heteroatoms. The minimum Gasteiger partial charge on any atom is -0.394 e. The molecule has 2 aliphatic heterocycles. The lowest BCUT2D eigenvalue weighted by molar-refractivity contribution is -0.331. The number of nitrogens with zero attached hydrogens (tertiary/aromatic N) is 2. The van der Waals surface area contributed by atoms with Crippen molar-refractivity contribution in [3.63, 3.8) is 0 Å². The van der Waals surface area contributed by atoms with Gasteiger partial charge in [-0.25, -0.2) is 9.98 Å². The van der Waals surface area contributed by atoms with Gasteiger partial charge in [0.05, 0.1) is 12.6 Å². The summed E-state index contributed by atoms with van der Waals surface area (Å²) in [6.07, 6.45) is -16.7. The summed E-state index contributed by atoms with van der Waals surface area (Å²) in [5.41, 5.74) is 21.9. The second-order valence-electron chi connectivity index (χ2n) is 9.84. The maximum absolute atomic E-state index is 11.3. The van der Waals surface area contributed by atoms with E-state index >= 15 is 0 Å². The lowest BCUT2D eigenvalue weighted by Crippen LogP contribution is -2.67. The third-order valence-electron chi connectivity index (χ3n) is 7.36. The van der Waals surface area contributed by atoms with Gasteiger partial charge < -0.3 is 87.7 Å². The molecule has 0 amide bonds. The normalized spacial score (nSPS) is 47.5. The lowest BCUT2D eigenvalue weighted by atomic mass is 9.81. The Morgan fingerprint density at radius 2 is 1.45 bits per heavy atom. The molecule has 15 atom stereocenters. The van der Waals surface area contributed by atoms with Crippen LogP contribution in [0, 0.1) is 0 Å². The van der Waals surface area contributed by atoms with Crippen molar-refractivity contribution < 1.29 is 59.4 Å². The first kappa shape index (κ1) is 32.5. The Morgan fingerprint density at radius 3 is 1.98 bits per heavy atom. The van der Waals surface area contributed by atoms with Gasteiger partial charge in [0.15, 0.2) is 30.6 Å². The molecule has 0 unspecified atom stereocenters. The van der Waals surface area contributed by atoms with Crippen LogP contribution in [0.1, 0.15) is 6.92 Å². The Labute approximate surface area is 229 Å². The number of nitrogens with one attached hydrogen (secondary N) is 1. The molecule has 3 fully saturated rings. The van der Waals surface area contributed by atoms with Crippen molar-refractivity contribution in [1.29, 1.82) is 0 Å². The SMILES string of the molecule is CN[C@@H]1[C@H](O[C@H]2O[C@@H](C)[C@](O)(OC)[C@H]2O[C@@H]2[C@H](O)[C@H](O)[C@H](N=C(N)N)[C@@H](O)[C@@H]2N=C(N)N)O[C@H](CO)[C@H](O)[C@@H]1O. The number of guanidine groups is 2. The van der Waals surface area contributed by atoms with Crippen LogP contribution in [0.5, 0.6) is 0 Å². The van der Waals surface area contributed by atoms with E-state index in [9.17, 15) is 35.7 Å². The van der Waals surface area contributed by atoms with Crippen LogP contribution in [0.25, 0.3) is 0 Å². The average molecular weight is 584 g/mol. The fourth-order valence-electron chi connectivity index (χ4n) is 5.15. The summed E-state index contributed by atoms with van der Waals surface area (Å²) in [6.45, 7) is 0.776. The zero-order chi connectivity index (χ0) is 30.1. The molecular formula is C21H41N7O12. The molecule has 3 rings (SSSR count). The number of ether oxygens (including phenoxy) is 5. The number of hydrogen-bond donors (Lipinski definition) is 12. The molecule has 40 heavy (non-hydrogen) atoms. The number of aliphatic imine (C=N–C) groups is 2. The van der Waals surface area contributed by atoms with Gasteiger partial charge in [-0.05, 0) is 14.0 Å². The largest absolute Gasteiger partial charge is 0.394 e. The minimum atomic E-state index is -2.24. The molecule has 19 nitrogen and oxygen atoms in total. The average Bonchev–Trinajstić information content (AvgIpc) is 3.13. The maximum Gasteiger partial charge on any atom is 0.224 e. The smallest absolute Gasteiger partial charge is 0.224 e. The van der Waals surface area contributed by atoms with Gasteiger partial charge in [-0.1, -0.05) is 0 Å². The van der Waals surface area contributed by atoms with Crippen LogP contribution in [-0.2, 0) is 23.7 Å². The van der Waals surface area contributed by atoms with Crippen LogP contribution >= 0.6 is 0 Å². The van der Waals surface area contributed by atoms with E-state index in [1.807, 2.05) is 0 Å². The van der Waals surface area contributed by atoms with Crippen LogP contribution in [-0.4, -0.2) is 160 Å². The highest BCUT2D eigenvalue weighted by Crippen LogP contribution is 2.39. The Bertz CT molecular complexity index is 911. The number of aliphatic hydroxyl groups excluding tert-OH is 6. The van der Waals surface area contributed by atoms with Gasteiger partial charge in [0.25, 0.3) is 0 Å². The Balaban J connectivity index is 1.97. The zero-order valence-corrected chi connectivity index (χ0v) is 22.2. The van der Waals surface area contributed by atoms with E-state index in [1.165, 1.54) is 14.0 Å². The van der Waals surface area contributed by atoms with E-state index in [2.05, 4.69) is 15.3 Å². The lowest BCUT2D eigenvalue weighted by Gasteiger charge is -2.46. The molecule has 0 aromatic heterocycles. The van der Waals surface area contributed by atoms with Crippen molar-refractivity contribution in [3.05, 3.63) is 0 Å². The molecule has 0 aromatic rings. The molecule has 16 N–H and O–H groups in total. The van der Waals surface area contributed by atoms with E-state index in [0.29, 0.717) is 0 Å². The summed E-state index contributed by atoms with van der Waals surface area (Å²) in [4.78, 5) is 7.69. The van der Waals surface area contributed by atoms with Crippen LogP contribution in [0.2, 0.25) is 0 Å². The monoisotopic (exact) mass is 583 g/mol. The summed E-state index contributed by atoms with van der Waals surface area (Å²) >= 11 is 0. The van der Waals surface area contributed by atoms with Gasteiger partial charge >= 0.3 is 0 Å². The molecule has 1 aliphatic carbocycles. The molecule has 3 aliphatic rings. The Morgan fingerprint density at radius 1 is 0.850 bits per heavy atom. The van der Waals surface area contributed by atoms with Crippen molar-refractivity contribution in [2.24, 2.45) is 32.9 Å². The zero-order valence-electron chi connectivity index (χ0n) is 22.2. The fraction of sp³-hybridized carbons (Fsp3) is 0.905. The standard InChI is InChI=1S/C21H41N7O12/c1-5-21(35,36-3)16(18(37-5)40-17-9(26-2)13(33)10(30)6(4-29)38-17)39-15-8(28-20(24)25)11(31)7(27-19(22)23)12(32)14(15)34/h5-18,26,29-35H,4H2,1-3H3,(H4,22,23,27)(H4,24,25,28)/t5-,6+,7+,8-,9-,10-,11+,12+,13+,14+,15-,16-,17-,18+,21-/m0/s1. The molecule has 0 spiro atoms. The Kier molecular flexibility index (Phi) is 10.5. The first-order valence-corrected chi connectivity index (χ1v) is 12.5. The van der Waals surface area contributed by atoms with Gasteiger partial charge in [-0.15, -0.1) is 0 Å². The number of aliphatic hydroxyl groups is 7. The fourth-order valence-corrected chi connectivity index (χ4v) is 5.15. The van der Waals surface area contributed by atoms with Crippen LogP contribution < -0.4 is 28.3 Å². The number of hydrogen-bond acceptors (Lipinski definition) is 15. The summed E-state index contributed by atoms with van der Waals surface area (Å²) in [5, 5.41) is 77.1. The predicted molar refractivity (Wildman–Crippen MR) is 134 cm³/mol. The van der Waals surface area contributed by atoms with Gasteiger partial charge in [0.2, 0.25) is 5.79 Å². The van der Waals surface area contributed by atoms with Crippen molar-refractivity contribution in [3.8, 4) is 0 Å². The van der Waals surface area contributed by atoms with E-state index in [1.54, 1.807) is 0 Å². The van der Waals surface area contributed by atoms with Crippen molar-refractivity contribution in [2.75, 3.05) is 20.8 Å². The molecule has 232 valence electrons. The predicted octanol–water partition coefficient (Wildman–Crippen LogP) is -7.76. The molecule has 0 radical (unpaired) electrons. The van der Waals surface area contributed by atoms with Crippen LogP contribution in [0.15, 0.2) is 9.98 Å². The highest BCUT2D eigenvalue weighted by molar-refractivity contribution is 5.76. The number of nitrogens with two attached hydrogens (primary N) is 4. The minimum absolute atomic E-state index is 0.488. The van der Waals surface area contributed by atoms with E-state index in [0.717, 1.165) is 7.11 Å². The van der Waals surface area contributed by atoms with Gasteiger partial charge in [-0.2, -0.15) is 0 Å². The van der Waals surface area contributed by atoms with Crippen molar-refractivity contribution in [2.45, 2.75) is 98.4 Å². The number of rotatable bonds is 9. The third-order valence-corrected chi connectivity index (χ3v) is 7.36. The molecular weight excluding hydrogens is 542 g/mol. The molecule has 1 saturated carbocycles. The quantitative estimate of drug-likeness (QED) is 0.0680. The molecule has 2 saturated heterocycles. The topological polar surface area (TPSA) is 329 Å². The van der Waals surface area contributed by atoms with E-state index < -0.39 is 110 Å².